The minimum Gasteiger partial charge on any atom is -0.354 e. The molecule has 0 spiro atoms. The van der Waals surface area contributed by atoms with Crippen LogP contribution in [0.5, 0.6) is 0 Å². The van der Waals surface area contributed by atoms with Crippen LogP contribution in [0.2, 0.25) is 0 Å². The lowest BCUT2D eigenvalue weighted by molar-refractivity contribution is 0.221. The molecule has 3 rings (SSSR count). The summed E-state index contributed by atoms with van der Waals surface area (Å²) in [6.45, 7) is 4.11. The fourth-order valence-electron chi connectivity index (χ4n) is 3.14. The Morgan fingerprint density at radius 2 is 2.00 bits per heavy atom. The van der Waals surface area contributed by atoms with Crippen molar-refractivity contribution in [1.29, 1.82) is 0 Å². The lowest BCUT2D eigenvalue weighted by atomic mass is 9.79. The van der Waals surface area contributed by atoms with E-state index in [1.165, 1.54) is 32.1 Å². The molecule has 0 radical (unpaired) electrons. The van der Waals surface area contributed by atoms with Crippen LogP contribution >= 0.6 is 0 Å². The molecule has 2 aliphatic rings. The first-order valence-electron chi connectivity index (χ1n) is 6.48. The van der Waals surface area contributed by atoms with Crippen molar-refractivity contribution in [3.8, 4) is 0 Å². The van der Waals surface area contributed by atoms with E-state index in [1.807, 2.05) is 6.92 Å². The van der Waals surface area contributed by atoms with Crippen molar-refractivity contribution in [2.45, 2.75) is 45.6 Å². The van der Waals surface area contributed by atoms with E-state index in [9.17, 15) is 0 Å². The molecule has 88 valence electrons. The number of hydrogen-bond acceptors (Lipinski definition) is 3. The Bertz CT molecular complexity index is 365. The first-order valence-corrected chi connectivity index (χ1v) is 6.48. The highest BCUT2D eigenvalue weighted by atomic mass is 15.4. The maximum absolute atomic E-state index is 4.44. The van der Waals surface area contributed by atoms with Crippen LogP contribution in [-0.2, 0) is 6.54 Å². The van der Waals surface area contributed by atoms with Crippen LogP contribution in [0.4, 0.5) is 5.95 Å². The molecule has 0 aromatic carbocycles. The number of hydrogen-bond donors (Lipinski definition) is 1. The Balaban J connectivity index is 1.71. The Morgan fingerprint density at radius 3 is 2.81 bits per heavy atom. The predicted molar refractivity (Wildman–Crippen MR) is 63.3 cm³/mol. The molecule has 1 saturated carbocycles. The number of aromatic nitrogens is 3. The molecule has 4 nitrogen and oxygen atoms in total. The van der Waals surface area contributed by atoms with Gasteiger partial charge in [0.2, 0.25) is 5.95 Å². The quantitative estimate of drug-likeness (QED) is 0.789. The summed E-state index contributed by atoms with van der Waals surface area (Å²) >= 11 is 0. The van der Waals surface area contributed by atoms with Crippen LogP contribution in [0.25, 0.3) is 0 Å². The molecular weight excluding hydrogens is 200 g/mol. The Morgan fingerprint density at radius 1 is 1.19 bits per heavy atom. The molecule has 1 aromatic heterocycles. The molecule has 1 atom stereocenters. The van der Waals surface area contributed by atoms with Gasteiger partial charge in [0, 0.05) is 13.1 Å². The Kier molecular flexibility index (Phi) is 2.58. The molecule has 1 aromatic rings. The van der Waals surface area contributed by atoms with Gasteiger partial charge in [-0.05, 0) is 18.8 Å². The molecule has 4 heteroatoms. The summed E-state index contributed by atoms with van der Waals surface area (Å²) < 4.78 is 2.05. The van der Waals surface area contributed by atoms with E-state index in [0.717, 1.165) is 36.7 Å². The summed E-state index contributed by atoms with van der Waals surface area (Å²) in [5.41, 5.74) is 0. The van der Waals surface area contributed by atoms with E-state index < -0.39 is 0 Å². The number of anilines is 1. The van der Waals surface area contributed by atoms with Crippen LogP contribution in [0.15, 0.2) is 0 Å². The Labute approximate surface area is 96.4 Å². The average molecular weight is 220 g/mol. The van der Waals surface area contributed by atoms with Gasteiger partial charge in [0.05, 0.1) is 0 Å². The number of rotatable bonds is 1. The van der Waals surface area contributed by atoms with Gasteiger partial charge >= 0.3 is 0 Å². The number of aryl methyl sites for hydroxylation is 1. The summed E-state index contributed by atoms with van der Waals surface area (Å²) in [6, 6.07) is 0. The maximum atomic E-state index is 4.44. The number of nitrogens with one attached hydrogen (secondary N) is 1. The molecule has 1 aliphatic carbocycles. The number of fused-ring (bicyclic) bond motifs is 1. The third-order valence-electron chi connectivity index (χ3n) is 4.02. The third-order valence-corrected chi connectivity index (χ3v) is 4.02. The van der Waals surface area contributed by atoms with Crippen molar-refractivity contribution in [2.24, 2.45) is 11.8 Å². The van der Waals surface area contributed by atoms with Crippen molar-refractivity contribution >= 4 is 5.95 Å². The topological polar surface area (TPSA) is 42.7 Å². The van der Waals surface area contributed by atoms with Gasteiger partial charge < -0.3 is 5.32 Å². The van der Waals surface area contributed by atoms with Crippen molar-refractivity contribution in [3.05, 3.63) is 5.82 Å². The van der Waals surface area contributed by atoms with Crippen molar-refractivity contribution in [1.82, 2.24) is 14.8 Å². The minimum absolute atomic E-state index is 0.758. The van der Waals surface area contributed by atoms with E-state index >= 15 is 0 Å². The lowest BCUT2D eigenvalue weighted by Gasteiger charge is -2.33. The van der Waals surface area contributed by atoms with Gasteiger partial charge in [0.1, 0.15) is 5.82 Å². The van der Waals surface area contributed by atoms with Crippen LogP contribution in [0, 0.1) is 18.8 Å². The smallest absolute Gasteiger partial charge is 0.221 e. The van der Waals surface area contributed by atoms with Crippen molar-refractivity contribution in [2.75, 3.05) is 11.9 Å². The first kappa shape index (κ1) is 10.1. The van der Waals surface area contributed by atoms with E-state index in [-0.39, 0.29) is 0 Å². The zero-order valence-corrected chi connectivity index (χ0v) is 9.95. The summed E-state index contributed by atoms with van der Waals surface area (Å²) in [7, 11) is 0. The number of nitrogens with zero attached hydrogens (tertiary/aromatic N) is 3. The highest BCUT2D eigenvalue weighted by molar-refractivity contribution is 5.27. The standard InChI is InChI=1S/C12H20N4/c1-9-14-12-13-7-11(8-16(12)15-9)10-5-3-2-4-6-10/h10-11H,2-8H2,1H3,(H,13,14,15). The van der Waals surface area contributed by atoms with E-state index in [0.29, 0.717) is 0 Å². The normalized spacial score (nSPS) is 26.2. The van der Waals surface area contributed by atoms with Crippen LogP contribution in [0.3, 0.4) is 0 Å². The summed E-state index contributed by atoms with van der Waals surface area (Å²) in [5, 5.41) is 7.86. The van der Waals surface area contributed by atoms with Gasteiger partial charge in [0.25, 0.3) is 0 Å². The largest absolute Gasteiger partial charge is 0.354 e. The third kappa shape index (κ3) is 1.81. The second kappa shape index (κ2) is 4.07. The molecule has 0 bridgehead atoms. The van der Waals surface area contributed by atoms with Gasteiger partial charge in [-0.1, -0.05) is 32.1 Å². The van der Waals surface area contributed by atoms with Crippen LogP contribution < -0.4 is 5.32 Å². The van der Waals surface area contributed by atoms with Gasteiger partial charge in [-0.2, -0.15) is 10.1 Å². The molecule has 1 aliphatic heterocycles. The van der Waals surface area contributed by atoms with Gasteiger partial charge in [-0.15, -0.1) is 0 Å². The van der Waals surface area contributed by atoms with E-state index in [1.54, 1.807) is 0 Å². The highest BCUT2D eigenvalue weighted by Gasteiger charge is 2.28. The summed E-state index contributed by atoms with van der Waals surface area (Å²) in [4.78, 5) is 4.37. The Hall–Kier alpha value is -1.06. The SMILES string of the molecule is Cc1nc2n(n1)CC(C1CCCCC1)CN2. The van der Waals surface area contributed by atoms with Crippen molar-refractivity contribution in [3.63, 3.8) is 0 Å². The minimum atomic E-state index is 0.758. The zero-order valence-electron chi connectivity index (χ0n) is 9.95. The maximum Gasteiger partial charge on any atom is 0.221 e. The van der Waals surface area contributed by atoms with Gasteiger partial charge in [0.15, 0.2) is 0 Å². The monoisotopic (exact) mass is 220 g/mol. The fraction of sp³-hybridized carbons (Fsp3) is 0.833. The van der Waals surface area contributed by atoms with Crippen molar-refractivity contribution < 1.29 is 0 Å². The fourth-order valence-corrected chi connectivity index (χ4v) is 3.14. The van der Waals surface area contributed by atoms with Crippen LogP contribution in [0.1, 0.15) is 37.9 Å². The molecule has 16 heavy (non-hydrogen) atoms. The first-order chi connectivity index (χ1) is 7.83. The van der Waals surface area contributed by atoms with Gasteiger partial charge in [-0.25, -0.2) is 4.68 Å². The average Bonchev–Trinajstić information content (AvgIpc) is 2.69. The zero-order chi connectivity index (χ0) is 11.0. The van der Waals surface area contributed by atoms with E-state index in [4.69, 9.17) is 0 Å². The molecule has 1 unspecified atom stereocenters. The molecule has 1 N–H and O–H groups in total. The molecule has 0 amide bonds. The molecule has 0 saturated heterocycles. The second-order valence-electron chi connectivity index (χ2n) is 5.20. The summed E-state index contributed by atoms with van der Waals surface area (Å²) in [6.07, 6.45) is 7.10. The molecular formula is C12H20N4. The highest BCUT2D eigenvalue weighted by Crippen LogP contribution is 2.32. The lowest BCUT2D eigenvalue weighted by Crippen LogP contribution is -2.34. The predicted octanol–water partition coefficient (Wildman–Crippen LogP) is 2.21. The van der Waals surface area contributed by atoms with E-state index in [2.05, 4.69) is 20.1 Å². The molecule has 1 fully saturated rings. The summed E-state index contributed by atoms with van der Waals surface area (Å²) in [5.74, 6) is 3.50. The van der Waals surface area contributed by atoms with Crippen LogP contribution in [-0.4, -0.2) is 21.3 Å². The molecule has 2 heterocycles. The second-order valence-corrected chi connectivity index (χ2v) is 5.20. The van der Waals surface area contributed by atoms with Gasteiger partial charge in [-0.3, -0.25) is 0 Å².